The molecule has 1 saturated carbocycles. The van der Waals surface area contributed by atoms with Gasteiger partial charge in [0, 0.05) is 18.1 Å². The molecule has 0 aliphatic heterocycles. The number of carbonyl (C=O) groups is 2. The minimum absolute atomic E-state index is 0.179. The normalized spacial score (nSPS) is 13.7. The average Bonchev–Trinajstić information content (AvgIpc) is 3.69. The molecule has 1 aliphatic rings. The first kappa shape index (κ1) is 26.6. The second kappa shape index (κ2) is 10.2. The standard InChI is InChI=1S/C36H26F2N2O3/c37-31-12-9-26(20-32(31)38)28-18-27-13-16-40(21-22-5-6-23-3-1-2-4-25(23)17-22)33(27)30(19-28)34(41)39-36(14-15-36)29-10-7-24(8-11-29)35(42)43/h1-13,16-20H,14-15,21H2,(H,39,41)(H,42,43). The summed E-state index contributed by atoms with van der Waals surface area (Å²) in [6.45, 7) is 0.529. The molecule has 5 aromatic carbocycles. The zero-order valence-corrected chi connectivity index (χ0v) is 23.0. The largest absolute Gasteiger partial charge is 0.478 e. The molecule has 6 aromatic rings. The minimum Gasteiger partial charge on any atom is -0.478 e. The average molecular weight is 573 g/mol. The van der Waals surface area contributed by atoms with Crippen LogP contribution >= 0.6 is 0 Å². The van der Waals surface area contributed by atoms with Crippen molar-refractivity contribution in [3.05, 3.63) is 143 Å². The molecule has 212 valence electrons. The first-order valence-electron chi connectivity index (χ1n) is 14.0. The number of fused-ring (bicyclic) bond motifs is 2. The van der Waals surface area contributed by atoms with Gasteiger partial charge in [0.2, 0.25) is 0 Å². The van der Waals surface area contributed by atoms with Gasteiger partial charge in [0.25, 0.3) is 5.91 Å². The van der Waals surface area contributed by atoms with Gasteiger partial charge in [-0.3, -0.25) is 4.79 Å². The number of aromatic carboxylic acids is 1. The number of rotatable bonds is 7. The highest BCUT2D eigenvalue weighted by Gasteiger charge is 2.46. The molecule has 7 heteroatoms. The molecule has 0 spiro atoms. The second-order valence-electron chi connectivity index (χ2n) is 11.1. The molecule has 0 bridgehead atoms. The van der Waals surface area contributed by atoms with Crippen LogP contribution in [0.2, 0.25) is 0 Å². The van der Waals surface area contributed by atoms with Crippen LogP contribution in [-0.4, -0.2) is 21.6 Å². The van der Waals surface area contributed by atoms with Crippen LogP contribution in [0.1, 0.15) is 44.7 Å². The summed E-state index contributed by atoms with van der Waals surface area (Å²) < 4.78 is 30.0. The number of amides is 1. The number of hydrogen-bond donors (Lipinski definition) is 2. The van der Waals surface area contributed by atoms with Crippen LogP contribution in [0.25, 0.3) is 32.8 Å². The molecule has 0 unspecified atom stereocenters. The second-order valence-corrected chi connectivity index (χ2v) is 11.1. The highest BCUT2D eigenvalue weighted by Crippen LogP contribution is 2.46. The van der Waals surface area contributed by atoms with E-state index in [-0.39, 0.29) is 11.5 Å². The fraction of sp³-hybridized carbons (Fsp3) is 0.111. The molecule has 43 heavy (non-hydrogen) atoms. The predicted molar refractivity (Wildman–Crippen MR) is 162 cm³/mol. The molecule has 2 N–H and O–H groups in total. The monoisotopic (exact) mass is 572 g/mol. The molecular weight excluding hydrogens is 546 g/mol. The maximum atomic E-state index is 14.2. The molecule has 1 amide bonds. The van der Waals surface area contributed by atoms with Crippen LogP contribution in [0.4, 0.5) is 8.78 Å². The summed E-state index contributed by atoms with van der Waals surface area (Å²) in [5, 5.41) is 15.6. The summed E-state index contributed by atoms with van der Waals surface area (Å²) in [6.07, 6.45) is 3.37. The number of carboxylic acid groups (broad SMARTS) is 1. The molecule has 0 saturated heterocycles. The Bertz CT molecular complexity index is 2060. The van der Waals surface area contributed by atoms with E-state index in [2.05, 4.69) is 35.6 Å². The van der Waals surface area contributed by atoms with E-state index in [4.69, 9.17) is 0 Å². The molecular formula is C36H26F2N2O3. The van der Waals surface area contributed by atoms with E-state index in [0.29, 0.717) is 23.2 Å². The number of aromatic nitrogens is 1. The van der Waals surface area contributed by atoms with E-state index in [1.54, 1.807) is 30.3 Å². The maximum Gasteiger partial charge on any atom is 0.335 e. The summed E-state index contributed by atoms with van der Waals surface area (Å²) in [6, 6.07) is 30.2. The maximum absolute atomic E-state index is 14.2. The van der Waals surface area contributed by atoms with Crippen LogP contribution in [0, 0.1) is 11.6 Å². The Labute approximate surface area is 246 Å². The Morgan fingerprint density at radius 2 is 1.53 bits per heavy atom. The van der Waals surface area contributed by atoms with E-state index in [1.807, 2.05) is 35.0 Å². The Hall–Kier alpha value is -5.30. The first-order chi connectivity index (χ1) is 20.8. The summed E-state index contributed by atoms with van der Waals surface area (Å²) in [7, 11) is 0. The topological polar surface area (TPSA) is 71.3 Å². The van der Waals surface area contributed by atoms with Crippen molar-refractivity contribution in [1.29, 1.82) is 0 Å². The summed E-state index contributed by atoms with van der Waals surface area (Å²) in [5.74, 6) is -3.20. The SMILES string of the molecule is O=C(O)c1ccc(C2(NC(=O)c3cc(-c4ccc(F)c(F)c4)cc4ccn(Cc5ccc6ccccc6c5)c34)CC2)cc1. The van der Waals surface area contributed by atoms with Crippen molar-refractivity contribution in [3.8, 4) is 11.1 Å². The van der Waals surface area contributed by atoms with Gasteiger partial charge in [-0.2, -0.15) is 0 Å². The fourth-order valence-corrected chi connectivity index (χ4v) is 5.86. The fourth-order valence-electron chi connectivity index (χ4n) is 5.86. The molecule has 1 fully saturated rings. The smallest absolute Gasteiger partial charge is 0.335 e. The van der Waals surface area contributed by atoms with Crippen LogP contribution in [-0.2, 0) is 12.1 Å². The number of carboxylic acids is 1. The number of halogens is 2. The predicted octanol–water partition coefficient (Wildman–Crippen LogP) is 7.91. The molecule has 7 rings (SSSR count). The Morgan fingerprint density at radius 3 is 2.26 bits per heavy atom. The van der Waals surface area contributed by atoms with Gasteiger partial charge in [-0.05, 0) is 94.4 Å². The number of hydrogen-bond acceptors (Lipinski definition) is 2. The van der Waals surface area contributed by atoms with Crippen molar-refractivity contribution < 1.29 is 23.5 Å². The molecule has 0 atom stereocenters. The number of nitrogens with one attached hydrogen (secondary N) is 1. The van der Waals surface area contributed by atoms with Gasteiger partial charge >= 0.3 is 5.97 Å². The van der Waals surface area contributed by atoms with Gasteiger partial charge in [0.05, 0.1) is 22.2 Å². The molecule has 1 aromatic heterocycles. The van der Waals surface area contributed by atoms with E-state index in [9.17, 15) is 23.5 Å². The summed E-state index contributed by atoms with van der Waals surface area (Å²) >= 11 is 0. The van der Waals surface area contributed by atoms with Gasteiger partial charge in [-0.15, -0.1) is 0 Å². The Morgan fingerprint density at radius 1 is 0.767 bits per heavy atom. The van der Waals surface area contributed by atoms with E-state index in [1.165, 1.54) is 6.07 Å². The zero-order valence-electron chi connectivity index (χ0n) is 23.0. The highest BCUT2D eigenvalue weighted by molar-refractivity contribution is 6.08. The van der Waals surface area contributed by atoms with Crippen LogP contribution in [0.3, 0.4) is 0 Å². The van der Waals surface area contributed by atoms with Gasteiger partial charge < -0.3 is 15.0 Å². The zero-order chi connectivity index (χ0) is 29.7. The van der Waals surface area contributed by atoms with Gasteiger partial charge in [0.1, 0.15) is 0 Å². The number of benzene rings is 5. The van der Waals surface area contributed by atoms with Crippen molar-refractivity contribution in [1.82, 2.24) is 9.88 Å². The molecule has 1 heterocycles. The summed E-state index contributed by atoms with van der Waals surface area (Å²) in [5.41, 5.74) is 3.69. The third-order valence-corrected chi connectivity index (χ3v) is 8.31. The third kappa shape index (κ3) is 4.93. The lowest BCUT2D eigenvalue weighted by Gasteiger charge is -2.20. The van der Waals surface area contributed by atoms with Gasteiger partial charge in [-0.25, -0.2) is 13.6 Å². The lowest BCUT2D eigenvalue weighted by atomic mass is 9.98. The van der Waals surface area contributed by atoms with E-state index in [0.717, 1.165) is 57.8 Å². The molecule has 5 nitrogen and oxygen atoms in total. The Balaban J connectivity index is 1.30. The van der Waals surface area contributed by atoms with Crippen molar-refractivity contribution in [3.63, 3.8) is 0 Å². The van der Waals surface area contributed by atoms with E-state index >= 15 is 0 Å². The lowest BCUT2D eigenvalue weighted by molar-refractivity contribution is 0.0696. The van der Waals surface area contributed by atoms with Crippen LogP contribution in [0.15, 0.2) is 109 Å². The number of carbonyl (C=O) groups excluding carboxylic acids is 1. The molecule has 1 aliphatic carbocycles. The Kier molecular flexibility index (Phi) is 6.31. The van der Waals surface area contributed by atoms with Crippen molar-refractivity contribution in [2.75, 3.05) is 0 Å². The van der Waals surface area contributed by atoms with Crippen LogP contribution in [0.5, 0.6) is 0 Å². The van der Waals surface area contributed by atoms with Gasteiger partial charge in [-0.1, -0.05) is 54.6 Å². The van der Waals surface area contributed by atoms with Crippen LogP contribution < -0.4 is 5.32 Å². The third-order valence-electron chi connectivity index (χ3n) is 8.31. The summed E-state index contributed by atoms with van der Waals surface area (Å²) in [4.78, 5) is 25.4. The highest BCUT2D eigenvalue weighted by atomic mass is 19.2. The molecule has 0 radical (unpaired) electrons. The van der Waals surface area contributed by atoms with E-state index < -0.39 is 23.1 Å². The first-order valence-corrected chi connectivity index (χ1v) is 14.0. The lowest BCUT2D eigenvalue weighted by Crippen LogP contribution is -2.35. The van der Waals surface area contributed by atoms with Crippen molar-refractivity contribution in [2.45, 2.75) is 24.9 Å². The minimum atomic E-state index is -1.01. The van der Waals surface area contributed by atoms with Crippen molar-refractivity contribution in [2.24, 2.45) is 0 Å². The van der Waals surface area contributed by atoms with Gasteiger partial charge in [0.15, 0.2) is 11.6 Å². The number of nitrogens with zero attached hydrogens (tertiary/aromatic N) is 1. The quantitative estimate of drug-likeness (QED) is 0.204. The van der Waals surface area contributed by atoms with Crippen molar-refractivity contribution >= 4 is 33.6 Å².